The van der Waals surface area contributed by atoms with E-state index in [0.717, 1.165) is 24.2 Å². The maximum absolute atomic E-state index is 5.65. The molecule has 2 aliphatic heterocycles. The van der Waals surface area contributed by atoms with E-state index in [4.69, 9.17) is 4.74 Å². The molecule has 1 saturated heterocycles. The predicted octanol–water partition coefficient (Wildman–Crippen LogP) is 1.88. The lowest BCUT2D eigenvalue weighted by Gasteiger charge is -2.24. The number of nitrogens with one attached hydrogen (secondary N) is 1. The molecule has 2 aliphatic rings. The van der Waals surface area contributed by atoms with Crippen molar-refractivity contribution in [3.63, 3.8) is 0 Å². The van der Waals surface area contributed by atoms with Gasteiger partial charge in [0.05, 0.1) is 12.1 Å². The topological polar surface area (TPSA) is 33.6 Å². The molecule has 3 atom stereocenters. The molecule has 0 aromatic rings. The lowest BCUT2D eigenvalue weighted by Crippen LogP contribution is -2.41. The van der Waals surface area contributed by atoms with Gasteiger partial charge in [0.15, 0.2) is 5.17 Å². The number of hydrogen-bond donors (Lipinski definition) is 1. The van der Waals surface area contributed by atoms with E-state index in [2.05, 4.69) is 24.2 Å². The van der Waals surface area contributed by atoms with Gasteiger partial charge in [0.25, 0.3) is 0 Å². The van der Waals surface area contributed by atoms with Crippen LogP contribution in [-0.2, 0) is 4.74 Å². The minimum atomic E-state index is 0.382. The number of rotatable bonds is 2. The van der Waals surface area contributed by atoms with Crippen molar-refractivity contribution in [1.82, 2.24) is 5.32 Å². The van der Waals surface area contributed by atoms with Crippen LogP contribution in [0.1, 0.15) is 26.7 Å². The number of ether oxygens (including phenoxy) is 1. The lowest BCUT2D eigenvalue weighted by molar-refractivity contribution is 0.0895. The van der Waals surface area contributed by atoms with E-state index in [1.165, 1.54) is 18.6 Å². The molecule has 0 spiro atoms. The average molecular weight is 228 g/mol. The molecule has 1 fully saturated rings. The first-order valence-electron chi connectivity index (χ1n) is 5.81. The minimum absolute atomic E-state index is 0.382. The van der Waals surface area contributed by atoms with Crippen LogP contribution < -0.4 is 5.32 Å². The molecule has 0 aliphatic carbocycles. The van der Waals surface area contributed by atoms with Gasteiger partial charge in [-0.1, -0.05) is 18.7 Å². The molecule has 4 heteroatoms. The van der Waals surface area contributed by atoms with E-state index >= 15 is 0 Å². The van der Waals surface area contributed by atoms with Crippen molar-refractivity contribution in [3.05, 3.63) is 0 Å². The molecule has 0 amide bonds. The maximum Gasteiger partial charge on any atom is 0.156 e. The van der Waals surface area contributed by atoms with E-state index in [1.807, 2.05) is 11.8 Å². The van der Waals surface area contributed by atoms with Gasteiger partial charge < -0.3 is 10.1 Å². The molecule has 2 rings (SSSR count). The molecule has 0 aromatic carbocycles. The van der Waals surface area contributed by atoms with Crippen molar-refractivity contribution in [2.24, 2.45) is 10.9 Å². The third-order valence-electron chi connectivity index (χ3n) is 2.92. The van der Waals surface area contributed by atoms with Gasteiger partial charge in [-0.05, 0) is 25.7 Å². The van der Waals surface area contributed by atoms with Crippen LogP contribution in [0, 0.1) is 5.92 Å². The molecule has 15 heavy (non-hydrogen) atoms. The highest BCUT2D eigenvalue weighted by Gasteiger charge is 2.24. The van der Waals surface area contributed by atoms with Gasteiger partial charge in [-0.2, -0.15) is 0 Å². The fourth-order valence-corrected chi connectivity index (χ4v) is 2.91. The van der Waals surface area contributed by atoms with Crippen LogP contribution >= 0.6 is 11.8 Å². The summed E-state index contributed by atoms with van der Waals surface area (Å²) in [7, 11) is 0. The Morgan fingerprint density at radius 2 is 2.47 bits per heavy atom. The highest BCUT2D eigenvalue weighted by atomic mass is 32.2. The predicted molar refractivity (Wildman–Crippen MR) is 65.5 cm³/mol. The Morgan fingerprint density at radius 3 is 3.07 bits per heavy atom. The second-order valence-corrected chi connectivity index (χ2v) is 5.56. The SMILES string of the molecule is CC1CN=C(NC(C)C2CCCO2)SC1. The Kier molecular flexibility index (Phi) is 3.92. The van der Waals surface area contributed by atoms with Crippen LogP contribution in [0.25, 0.3) is 0 Å². The third-order valence-corrected chi connectivity index (χ3v) is 4.18. The second kappa shape index (κ2) is 5.21. The van der Waals surface area contributed by atoms with E-state index in [-0.39, 0.29) is 0 Å². The first-order valence-corrected chi connectivity index (χ1v) is 6.79. The van der Waals surface area contributed by atoms with Crippen molar-refractivity contribution in [2.45, 2.75) is 38.8 Å². The Bertz CT molecular complexity index is 239. The highest BCUT2D eigenvalue weighted by Crippen LogP contribution is 2.19. The Balaban J connectivity index is 1.80. The van der Waals surface area contributed by atoms with Crippen LogP contribution in [0.15, 0.2) is 4.99 Å². The number of hydrogen-bond acceptors (Lipinski definition) is 4. The summed E-state index contributed by atoms with van der Waals surface area (Å²) in [5, 5.41) is 4.58. The smallest absolute Gasteiger partial charge is 0.156 e. The van der Waals surface area contributed by atoms with Crippen molar-refractivity contribution in [1.29, 1.82) is 0 Å². The molecule has 0 aromatic heterocycles. The molecular formula is C11H20N2OS. The second-order valence-electron chi connectivity index (χ2n) is 4.55. The molecule has 3 nitrogen and oxygen atoms in total. The number of nitrogens with zero attached hydrogens (tertiary/aromatic N) is 1. The normalized spacial score (nSPS) is 33.6. The van der Waals surface area contributed by atoms with Crippen LogP contribution in [0.5, 0.6) is 0 Å². The largest absolute Gasteiger partial charge is 0.376 e. The van der Waals surface area contributed by atoms with Gasteiger partial charge in [0, 0.05) is 18.9 Å². The monoisotopic (exact) mass is 228 g/mol. The van der Waals surface area contributed by atoms with Gasteiger partial charge in [-0.3, -0.25) is 4.99 Å². The zero-order valence-corrected chi connectivity index (χ0v) is 10.3. The van der Waals surface area contributed by atoms with E-state index in [0.29, 0.717) is 12.1 Å². The third kappa shape index (κ3) is 3.11. The summed E-state index contributed by atoms with van der Waals surface area (Å²) >= 11 is 1.84. The molecule has 1 N–H and O–H groups in total. The van der Waals surface area contributed by atoms with E-state index in [1.54, 1.807) is 0 Å². The average Bonchev–Trinajstić information content (AvgIpc) is 2.74. The summed E-state index contributed by atoms with van der Waals surface area (Å²) < 4.78 is 5.65. The maximum atomic E-state index is 5.65. The summed E-state index contributed by atoms with van der Waals surface area (Å²) in [5.74, 6) is 1.91. The Morgan fingerprint density at radius 1 is 1.60 bits per heavy atom. The Labute approximate surface area is 96.1 Å². The molecule has 0 radical (unpaired) electrons. The number of aliphatic imine (C=N–C) groups is 1. The van der Waals surface area contributed by atoms with Crippen LogP contribution in [0.3, 0.4) is 0 Å². The first kappa shape index (κ1) is 11.3. The minimum Gasteiger partial charge on any atom is -0.376 e. The first-order chi connectivity index (χ1) is 7.25. The van der Waals surface area contributed by atoms with Crippen molar-refractivity contribution in [3.8, 4) is 0 Å². The number of amidine groups is 1. The zero-order chi connectivity index (χ0) is 10.7. The molecular weight excluding hydrogens is 208 g/mol. The Hall–Kier alpha value is -0.220. The van der Waals surface area contributed by atoms with Crippen LogP contribution in [-0.4, -0.2) is 36.2 Å². The molecule has 0 saturated carbocycles. The van der Waals surface area contributed by atoms with Crippen LogP contribution in [0.2, 0.25) is 0 Å². The van der Waals surface area contributed by atoms with Gasteiger partial charge in [-0.15, -0.1) is 0 Å². The fourth-order valence-electron chi connectivity index (χ4n) is 1.93. The molecule has 0 bridgehead atoms. The van der Waals surface area contributed by atoms with Gasteiger partial charge in [0.1, 0.15) is 0 Å². The zero-order valence-electron chi connectivity index (χ0n) is 9.53. The molecule has 86 valence electrons. The van der Waals surface area contributed by atoms with E-state index < -0.39 is 0 Å². The number of thioether (sulfide) groups is 1. The van der Waals surface area contributed by atoms with E-state index in [9.17, 15) is 0 Å². The van der Waals surface area contributed by atoms with Gasteiger partial charge in [0.2, 0.25) is 0 Å². The van der Waals surface area contributed by atoms with Crippen molar-refractivity contribution in [2.75, 3.05) is 18.9 Å². The summed E-state index contributed by atoms with van der Waals surface area (Å²) in [6, 6.07) is 0.396. The highest BCUT2D eigenvalue weighted by molar-refractivity contribution is 8.13. The molecule has 2 heterocycles. The quantitative estimate of drug-likeness (QED) is 0.783. The standard InChI is InChI=1S/C11H20N2OS/c1-8-6-12-11(15-7-8)13-9(2)10-4-3-5-14-10/h8-10H,3-7H2,1-2H3,(H,12,13). The summed E-state index contributed by atoms with van der Waals surface area (Å²) in [5.41, 5.74) is 0. The molecule has 3 unspecified atom stereocenters. The summed E-state index contributed by atoms with van der Waals surface area (Å²) in [4.78, 5) is 4.53. The van der Waals surface area contributed by atoms with Crippen molar-refractivity contribution < 1.29 is 4.74 Å². The van der Waals surface area contributed by atoms with Gasteiger partial charge >= 0.3 is 0 Å². The van der Waals surface area contributed by atoms with Crippen molar-refractivity contribution >= 4 is 16.9 Å². The lowest BCUT2D eigenvalue weighted by atomic mass is 10.1. The van der Waals surface area contributed by atoms with Crippen LogP contribution in [0.4, 0.5) is 0 Å². The summed E-state index contributed by atoms with van der Waals surface area (Å²) in [6.45, 7) is 6.33. The fraction of sp³-hybridized carbons (Fsp3) is 0.909. The van der Waals surface area contributed by atoms with Gasteiger partial charge in [-0.25, -0.2) is 0 Å². The summed E-state index contributed by atoms with van der Waals surface area (Å²) in [6.07, 6.45) is 2.77.